The highest BCUT2D eigenvalue weighted by molar-refractivity contribution is 5.79. The van der Waals surface area contributed by atoms with Crippen molar-refractivity contribution in [2.75, 3.05) is 40.4 Å². The third-order valence-electron chi connectivity index (χ3n) is 7.95. The Morgan fingerprint density at radius 1 is 0.975 bits per heavy atom. The van der Waals surface area contributed by atoms with Crippen LogP contribution in [0.25, 0.3) is 11.4 Å². The monoisotopic (exact) mass is 547 g/mol. The molecule has 1 aromatic heterocycles. The average Bonchev–Trinajstić information content (AvgIpc) is 3.44. The number of aromatic nitrogens is 2. The van der Waals surface area contributed by atoms with E-state index in [4.69, 9.17) is 14.0 Å². The van der Waals surface area contributed by atoms with Crippen molar-refractivity contribution in [1.29, 1.82) is 0 Å². The number of carbonyl (C=O) groups is 1. The van der Waals surface area contributed by atoms with Crippen LogP contribution < -0.4 is 14.8 Å². The number of ether oxygens (including phenoxy) is 2. The molecule has 2 saturated heterocycles. The van der Waals surface area contributed by atoms with Crippen molar-refractivity contribution in [2.45, 2.75) is 52.2 Å². The van der Waals surface area contributed by atoms with E-state index < -0.39 is 0 Å². The van der Waals surface area contributed by atoms with E-state index in [1.165, 1.54) is 31.5 Å². The Bertz CT molecular complexity index is 1280. The van der Waals surface area contributed by atoms with Gasteiger partial charge in [0.15, 0.2) is 11.5 Å². The Morgan fingerprint density at radius 2 is 1.75 bits per heavy atom. The van der Waals surface area contributed by atoms with Crippen LogP contribution in [0.1, 0.15) is 49.6 Å². The molecule has 0 spiro atoms. The fourth-order valence-electron chi connectivity index (χ4n) is 5.88. The summed E-state index contributed by atoms with van der Waals surface area (Å²) in [5.74, 6) is 3.11. The number of amides is 1. The van der Waals surface area contributed by atoms with Crippen LogP contribution in [-0.2, 0) is 24.4 Å². The molecule has 40 heavy (non-hydrogen) atoms. The van der Waals surface area contributed by atoms with Crippen LogP contribution in [0.2, 0.25) is 0 Å². The van der Waals surface area contributed by atoms with E-state index in [0.717, 1.165) is 43.0 Å². The number of nitrogens with zero attached hydrogens (tertiary/aromatic N) is 4. The lowest BCUT2D eigenvalue weighted by Gasteiger charge is -2.31. The van der Waals surface area contributed by atoms with Gasteiger partial charge in [-0.05, 0) is 74.0 Å². The summed E-state index contributed by atoms with van der Waals surface area (Å²) in [5, 5.41) is 7.34. The molecule has 9 nitrogen and oxygen atoms in total. The Hall–Kier alpha value is -3.43. The first-order valence-corrected chi connectivity index (χ1v) is 14.4. The summed E-state index contributed by atoms with van der Waals surface area (Å²) in [5.41, 5.74) is 3.26. The highest BCUT2D eigenvalue weighted by atomic mass is 16.5. The maximum atomic E-state index is 13.1. The summed E-state index contributed by atoms with van der Waals surface area (Å²) in [6.45, 7) is 8.29. The van der Waals surface area contributed by atoms with Crippen LogP contribution in [0.3, 0.4) is 0 Å². The maximum absolute atomic E-state index is 13.1. The molecule has 2 atom stereocenters. The Kier molecular flexibility index (Phi) is 9.34. The molecule has 0 aliphatic carbocycles. The molecule has 214 valence electrons. The van der Waals surface area contributed by atoms with E-state index in [2.05, 4.69) is 56.4 Å². The highest BCUT2D eigenvalue weighted by Crippen LogP contribution is 2.31. The van der Waals surface area contributed by atoms with Crippen LogP contribution in [0.4, 0.5) is 0 Å². The Labute approximate surface area is 236 Å². The molecule has 3 heterocycles. The minimum Gasteiger partial charge on any atom is -0.493 e. The van der Waals surface area contributed by atoms with Gasteiger partial charge >= 0.3 is 0 Å². The molecule has 1 amide bonds. The lowest BCUT2D eigenvalue weighted by Crippen LogP contribution is -2.42. The van der Waals surface area contributed by atoms with Crippen LogP contribution in [-0.4, -0.2) is 66.2 Å². The van der Waals surface area contributed by atoms with Crippen molar-refractivity contribution in [1.82, 2.24) is 25.3 Å². The van der Waals surface area contributed by atoms with Crippen molar-refractivity contribution >= 4 is 5.91 Å². The third kappa shape index (κ3) is 7.20. The number of hydrogen-bond donors (Lipinski definition) is 1. The van der Waals surface area contributed by atoms with Crippen molar-refractivity contribution in [3.05, 3.63) is 59.5 Å². The van der Waals surface area contributed by atoms with Crippen LogP contribution >= 0.6 is 0 Å². The van der Waals surface area contributed by atoms with Gasteiger partial charge in [0, 0.05) is 31.7 Å². The zero-order valence-electron chi connectivity index (χ0n) is 23.9. The van der Waals surface area contributed by atoms with Gasteiger partial charge < -0.3 is 19.3 Å². The SMILES string of the molecule is COc1ccc(-c2noc(CN3CCCC(C(=O)NCc4cccc(CN5CCCC(C)C5)c4)C3)n2)cc1OC. The predicted molar refractivity (Wildman–Crippen MR) is 153 cm³/mol. The van der Waals surface area contributed by atoms with Gasteiger partial charge in [-0.2, -0.15) is 4.98 Å². The van der Waals surface area contributed by atoms with Gasteiger partial charge in [-0.15, -0.1) is 0 Å². The molecule has 2 aliphatic rings. The van der Waals surface area contributed by atoms with Gasteiger partial charge in [0.1, 0.15) is 0 Å². The van der Waals surface area contributed by atoms with E-state index in [9.17, 15) is 4.79 Å². The summed E-state index contributed by atoms with van der Waals surface area (Å²) in [6.07, 6.45) is 4.45. The van der Waals surface area contributed by atoms with Crippen molar-refractivity contribution in [3.8, 4) is 22.9 Å². The largest absolute Gasteiger partial charge is 0.493 e. The minimum absolute atomic E-state index is 0.0555. The van der Waals surface area contributed by atoms with Crippen LogP contribution in [0, 0.1) is 11.8 Å². The van der Waals surface area contributed by atoms with Crippen molar-refractivity contribution in [2.24, 2.45) is 11.8 Å². The summed E-state index contributed by atoms with van der Waals surface area (Å²) in [4.78, 5) is 22.4. The van der Waals surface area contributed by atoms with E-state index in [1.807, 2.05) is 18.2 Å². The first-order chi connectivity index (χ1) is 19.5. The van der Waals surface area contributed by atoms with Gasteiger partial charge in [0.2, 0.25) is 17.6 Å². The normalized spacial score (nSPS) is 20.3. The topological polar surface area (TPSA) is 93.0 Å². The number of hydrogen-bond acceptors (Lipinski definition) is 8. The number of nitrogens with one attached hydrogen (secondary N) is 1. The number of rotatable bonds is 10. The molecule has 9 heteroatoms. The summed E-state index contributed by atoms with van der Waals surface area (Å²) in [6, 6.07) is 14.2. The number of benzene rings is 2. The van der Waals surface area contributed by atoms with Gasteiger partial charge in [0.05, 0.1) is 26.7 Å². The molecular formula is C31H41N5O4. The van der Waals surface area contributed by atoms with E-state index in [0.29, 0.717) is 42.8 Å². The zero-order valence-corrected chi connectivity index (χ0v) is 23.9. The zero-order chi connectivity index (χ0) is 27.9. The molecule has 3 aromatic rings. The lowest BCUT2D eigenvalue weighted by atomic mass is 9.97. The first-order valence-electron chi connectivity index (χ1n) is 14.4. The number of carbonyl (C=O) groups excluding carboxylic acids is 1. The summed E-state index contributed by atoms with van der Waals surface area (Å²) < 4.78 is 16.2. The van der Waals surface area contributed by atoms with Gasteiger partial charge in [-0.1, -0.05) is 36.3 Å². The van der Waals surface area contributed by atoms with E-state index >= 15 is 0 Å². The lowest BCUT2D eigenvalue weighted by molar-refractivity contribution is -0.127. The maximum Gasteiger partial charge on any atom is 0.241 e. The van der Waals surface area contributed by atoms with E-state index in [1.54, 1.807) is 14.2 Å². The fraction of sp³-hybridized carbons (Fsp3) is 0.516. The second kappa shape index (κ2) is 13.3. The first kappa shape index (κ1) is 28.1. The number of likely N-dealkylation sites (tertiary alicyclic amines) is 2. The average molecular weight is 548 g/mol. The Balaban J connectivity index is 1.12. The molecular weight excluding hydrogens is 506 g/mol. The predicted octanol–water partition coefficient (Wildman–Crippen LogP) is 4.51. The summed E-state index contributed by atoms with van der Waals surface area (Å²) >= 11 is 0. The number of piperidine rings is 2. The number of methoxy groups -OCH3 is 2. The quantitative estimate of drug-likeness (QED) is 0.396. The molecule has 2 aliphatic heterocycles. The molecule has 0 radical (unpaired) electrons. The molecule has 2 fully saturated rings. The second-order valence-corrected chi connectivity index (χ2v) is 11.2. The molecule has 2 aromatic carbocycles. The van der Waals surface area contributed by atoms with E-state index in [-0.39, 0.29) is 11.8 Å². The fourth-order valence-corrected chi connectivity index (χ4v) is 5.88. The third-order valence-corrected chi connectivity index (χ3v) is 7.95. The van der Waals surface area contributed by atoms with Crippen LogP contribution in [0.5, 0.6) is 11.5 Å². The van der Waals surface area contributed by atoms with Gasteiger partial charge in [-0.3, -0.25) is 14.6 Å². The second-order valence-electron chi connectivity index (χ2n) is 11.2. The van der Waals surface area contributed by atoms with Crippen LogP contribution in [0.15, 0.2) is 47.0 Å². The van der Waals surface area contributed by atoms with Crippen molar-refractivity contribution < 1.29 is 18.8 Å². The summed E-state index contributed by atoms with van der Waals surface area (Å²) in [7, 11) is 3.20. The smallest absolute Gasteiger partial charge is 0.241 e. The molecule has 0 bridgehead atoms. The standard InChI is InChI=1S/C31H41N5O4/c1-22-7-5-13-35(18-22)19-24-9-4-8-23(15-24)17-32-31(37)26-10-6-14-36(20-26)21-29-33-30(34-40-29)25-11-12-27(38-2)28(16-25)39-3/h4,8-9,11-12,15-16,22,26H,5-7,10,13-14,17-21H2,1-3H3,(H,32,37). The van der Waals surface area contributed by atoms with Gasteiger partial charge in [-0.25, -0.2) is 0 Å². The molecule has 1 N–H and O–H groups in total. The molecule has 5 rings (SSSR count). The minimum atomic E-state index is -0.0555. The molecule has 0 saturated carbocycles. The highest BCUT2D eigenvalue weighted by Gasteiger charge is 2.27. The van der Waals surface area contributed by atoms with Crippen molar-refractivity contribution in [3.63, 3.8) is 0 Å². The molecule has 2 unspecified atom stereocenters. The Morgan fingerprint density at radius 3 is 2.55 bits per heavy atom. The van der Waals surface area contributed by atoms with Gasteiger partial charge in [0.25, 0.3) is 0 Å².